The van der Waals surface area contributed by atoms with Crippen molar-refractivity contribution < 1.29 is 28.6 Å². The molecule has 0 aliphatic carbocycles. The molecule has 2 aliphatic rings. The van der Waals surface area contributed by atoms with Crippen LogP contribution in [0.2, 0.25) is 0 Å². The fourth-order valence-corrected chi connectivity index (χ4v) is 4.28. The van der Waals surface area contributed by atoms with Gasteiger partial charge >= 0.3 is 0 Å². The number of carbonyl (C=O) groups excluding carboxylic acids is 3. The predicted octanol–water partition coefficient (Wildman–Crippen LogP) is 3.88. The molecule has 3 aromatic carbocycles. The molecule has 0 fully saturated rings. The van der Waals surface area contributed by atoms with Crippen LogP contribution in [-0.2, 0) is 13.1 Å². The lowest BCUT2D eigenvalue weighted by molar-refractivity contribution is 0.0642. The molecule has 3 aromatic rings. The third-order valence-electron chi connectivity index (χ3n) is 6.00. The van der Waals surface area contributed by atoms with Crippen molar-refractivity contribution in [3.05, 3.63) is 88.5 Å². The number of fused-ring (bicyclic) bond motifs is 2. The molecule has 8 nitrogen and oxygen atoms in total. The zero-order chi connectivity index (χ0) is 24.5. The maximum Gasteiger partial charge on any atom is 0.261 e. The van der Waals surface area contributed by atoms with Gasteiger partial charge in [-0.25, -0.2) is 0 Å². The average Bonchev–Trinajstić information content (AvgIpc) is 3.43. The smallest absolute Gasteiger partial charge is 0.261 e. The molecule has 0 spiro atoms. The molecule has 5 rings (SSSR count). The van der Waals surface area contributed by atoms with Crippen molar-refractivity contribution in [1.29, 1.82) is 0 Å². The SMILES string of the molecule is CCOc1ccc(CN2C(=O)c3ccccc3C2=O)cc1C(=O)N(C)Cc1ccc2c(c1)OCO2. The van der Waals surface area contributed by atoms with Crippen molar-refractivity contribution >= 4 is 17.7 Å². The summed E-state index contributed by atoms with van der Waals surface area (Å²) in [4.78, 5) is 41.8. The maximum atomic E-state index is 13.4. The Morgan fingerprint density at radius 1 is 0.943 bits per heavy atom. The second-order valence-corrected chi connectivity index (χ2v) is 8.35. The fraction of sp³-hybridized carbons (Fsp3) is 0.222. The topological polar surface area (TPSA) is 85.4 Å². The zero-order valence-corrected chi connectivity index (χ0v) is 19.4. The van der Waals surface area contributed by atoms with Gasteiger partial charge in [-0.1, -0.05) is 24.3 Å². The van der Waals surface area contributed by atoms with Gasteiger partial charge in [0.1, 0.15) is 5.75 Å². The second-order valence-electron chi connectivity index (χ2n) is 8.35. The summed E-state index contributed by atoms with van der Waals surface area (Å²) >= 11 is 0. The molecule has 178 valence electrons. The van der Waals surface area contributed by atoms with Crippen molar-refractivity contribution in [2.45, 2.75) is 20.0 Å². The first-order valence-corrected chi connectivity index (χ1v) is 11.3. The average molecular weight is 472 g/mol. The molecular weight excluding hydrogens is 448 g/mol. The van der Waals surface area contributed by atoms with Gasteiger partial charge in [-0.2, -0.15) is 0 Å². The van der Waals surface area contributed by atoms with Gasteiger partial charge in [0.05, 0.1) is 29.8 Å². The van der Waals surface area contributed by atoms with E-state index < -0.39 is 0 Å². The number of benzene rings is 3. The number of nitrogens with zero attached hydrogens (tertiary/aromatic N) is 2. The van der Waals surface area contributed by atoms with Crippen LogP contribution in [0.3, 0.4) is 0 Å². The first-order chi connectivity index (χ1) is 17.0. The molecule has 0 aromatic heterocycles. The van der Waals surface area contributed by atoms with Crippen LogP contribution in [-0.4, -0.2) is 48.0 Å². The van der Waals surface area contributed by atoms with Crippen LogP contribution in [0.1, 0.15) is 49.1 Å². The van der Waals surface area contributed by atoms with Crippen molar-refractivity contribution in [3.63, 3.8) is 0 Å². The number of imide groups is 1. The van der Waals surface area contributed by atoms with Crippen LogP contribution in [0.15, 0.2) is 60.7 Å². The van der Waals surface area contributed by atoms with Crippen LogP contribution >= 0.6 is 0 Å². The highest BCUT2D eigenvalue weighted by molar-refractivity contribution is 6.21. The summed E-state index contributed by atoms with van der Waals surface area (Å²) < 4.78 is 16.5. The van der Waals surface area contributed by atoms with Gasteiger partial charge in [0.15, 0.2) is 11.5 Å². The number of rotatable bonds is 7. The van der Waals surface area contributed by atoms with Crippen LogP contribution < -0.4 is 14.2 Å². The van der Waals surface area contributed by atoms with Crippen LogP contribution in [0.4, 0.5) is 0 Å². The number of hydrogen-bond donors (Lipinski definition) is 0. The van der Waals surface area contributed by atoms with Gasteiger partial charge in [-0.3, -0.25) is 19.3 Å². The van der Waals surface area contributed by atoms with Gasteiger partial charge in [0.2, 0.25) is 6.79 Å². The molecule has 0 radical (unpaired) electrons. The number of hydrogen-bond acceptors (Lipinski definition) is 6. The van der Waals surface area contributed by atoms with E-state index in [4.69, 9.17) is 14.2 Å². The van der Waals surface area contributed by atoms with Crippen molar-refractivity contribution in [2.24, 2.45) is 0 Å². The lowest BCUT2D eigenvalue weighted by Gasteiger charge is -2.21. The Morgan fingerprint density at radius 2 is 1.63 bits per heavy atom. The van der Waals surface area contributed by atoms with Crippen molar-refractivity contribution in [1.82, 2.24) is 9.80 Å². The Balaban J connectivity index is 1.37. The number of amides is 3. The third kappa shape index (κ3) is 4.19. The first kappa shape index (κ1) is 22.5. The Morgan fingerprint density at radius 3 is 2.34 bits per heavy atom. The van der Waals surface area contributed by atoms with Gasteiger partial charge < -0.3 is 19.1 Å². The lowest BCUT2D eigenvalue weighted by atomic mass is 10.1. The summed E-state index contributed by atoms with van der Waals surface area (Å²) in [5.74, 6) is 0.861. The largest absolute Gasteiger partial charge is 0.493 e. The van der Waals surface area contributed by atoms with E-state index in [1.807, 2.05) is 25.1 Å². The van der Waals surface area contributed by atoms with Crippen molar-refractivity contribution in [2.75, 3.05) is 20.4 Å². The molecule has 3 amide bonds. The standard InChI is InChI=1S/C27H24N2O6/c1-3-33-22-10-8-17(15-29-26(31)19-6-4-5-7-20(19)27(29)32)12-21(22)25(30)28(2)14-18-9-11-23-24(13-18)35-16-34-23/h4-13H,3,14-16H2,1-2H3. The van der Waals surface area contributed by atoms with E-state index in [1.165, 1.54) is 4.90 Å². The first-order valence-electron chi connectivity index (χ1n) is 11.3. The highest BCUT2D eigenvalue weighted by Gasteiger charge is 2.35. The van der Waals surface area contributed by atoms with Crippen LogP contribution in [0.25, 0.3) is 0 Å². The summed E-state index contributed by atoms with van der Waals surface area (Å²) in [5.41, 5.74) is 2.70. The fourth-order valence-electron chi connectivity index (χ4n) is 4.28. The highest BCUT2D eigenvalue weighted by atomic mass is 16.7. The predicted molar refractivity (Wildman–Crippen MR) is 127 cm³/mol. The Bertz CT molecular complexity index is 1300. The molecule has 0 N–H and O–H groups in total. The summed E-state index contributed by atoms with van der Waals surface area (Å²) in [5, 5.41) is 0. The normalized spacial score (nSPS) is 13.7. The molecule has 0 bridgehead atoms. The molecule has 0 unspecified atom stereocenters. The molecule has 0 saturated heterocycles. The molecule has 35 heavy (non-hydrogen) atoms. The summed E-state index contributed by atoms with van der Waals surface area (Å²) in [6.07, 6.45) is 0. The number of carbonyl (C=O) groups is 3. The van der Waals surface area contributed by atoms with Crippen LogP contribution in [0.5, 0.6) is 17.2 Å². The summed E-state index contributed by atoms with van der Waals surface area (Å²) in [6.45, 7) is 2.83. The minimum absolute atomic E-state index is 0.0604. The van der Waals surface area contributed by atoms with Crippen LogP contribution in [0, 0.1) is 0 Å². The summed E-state index contributed by atoms with van der Waals surface area (Å²) in [7, 11) is 1.71. The molecule has 8 heteroatoms. The Labute approximate surface area is 202 Å². The lowest BCUT2D eigenvalue weighted by Crippen LogP contribution is -2.30. The Kier molecular flexibility index (Phi) is 5.86. The van der Waals surface area contributed by atoms with E-state index in [1.54, 1.807) is 54.4 Å². The molecule has 2 aliphatic heterocycles. The number of ether oxygens (including phenoxy) is 3. The van der Waals surface area contributed by atoms with E-state index >= 15 is 0 Å². The van der Waals surface area contributed by atoms with Gasteiger partial charge in [-0.05, 0) is 54.4 Å². The third-order valence-corrected chi connectivity index (χ3v) is 6.00. The monoisotopic (exact) mass is 472 g/mol. The minimum Gasteiger partial charge on any atom is -0.493 e. The van der Waals surface area contributed by atoms with E-state index in [0.29, 0.717) is 52.7 Å². The summed E-state index contributed by atoms with van der Waals surface area (Å²) in [6, 6.07) is 17.5. The zero-order valence-electron chi connectivity index (χ0n) is 19.4. The molecule has 0 saturated carbocycles. The van der Waals surface area contributed by atoms with Crippen molar-refractivity contribution in [3.8, 4) is 17.2 Å². The van der Waals surface area contributed by atoms with E-state index in [0.717, 1.165) is 5.56 Å². The van der Waals surface area contributed by atoms with E-state index in [9.17, 15) is 14.4 Å². The van der Waals surface area contributed by atoms with Gasteiger partial charge in [0, 0.05) is 13.6 Å². The highest BCUT2D eigenvalue weighted by Crippen LogP contribution is 2.33. The van der Waals surface area contributed by atoms with Gasteiger partial charge in [0.25, 0.3) is 17.7 Å². The molecule has 0 atom stereocenters. The second kappa shape index (κ2) is 9.13. The van der Waals surface area contributed by atoms with E-state index in [-0.39, 0.29) is 31.1 Å². The Hall–Kier alpha value is -4.33. The molecule has 2 heterocycles. The molecular formula is C27H24N2O6. The minimum atomic E-state index is -0.340. The maximum absolute atomic E-state index is 13.4. The quantitative estimate of drug-likeness (QED) is 0.485. The van der Waals surface area contributed by atoms with E-state index in [2.05, 4.69) is 0 Å². The van der Waals surface area contributed by atoms with Gasteiger partial charge in [-0.15, -0.1) is 0 Å².